The van der Waals surface area contributed by atoms with Gasteiger partial charge in [-0.05, 0) is 24.0 Å². The lowest BCUT2D eigenvalue weighted by Gasteiger charge is -2.16. The first-order valence-electron chi connectivity index (χ1n) is 7.63. The van der Waals surface area contributed by atoms with Crippen molar-refractivity contribution in [1.29, 1.82) is 0 Å². The molecule has 0 unspecified atom stereocenters. The number of aromatic nitrogens is 2. The predicted octanol–water partition coefficient (Wildman–Crippen LogP) is 1.43. The molecule has 4 heterocycles. The molecule has 6 heteroatoms. The number of fused-ring (bicyclic) bond motifs is 1. The van der Waals surface area contributed by atoms with Crippen molar-refractivity contribution in [2.75, 3.05) is 26.2 Å². The zero-order valence-electron chi connectivity index (χ0n) is 12.2. The van der Waals surface area contributed by atoms with Crippen molar-refractivity contribution in [3.8, 4) is 10.6 Å². The standard InChI is InChI=1S/C16H18N4OS/c21-15(20-8-12-6-18-7-13(12)9-20)4-14-10-22-16(19-14)11-2-1-3-17-5-11/h1-3,5,10,12-13,18H,4,6-9H2/t12-,13+. The van der Waals surface area contributed by atoms with Crippen LogP contribution in [0.1, 0.15) is 5.69 Å². The van der Waals surface area contributed by atoms with Gasteiger partial charge >= 0.3 is 0 Å². The molecular formula is C16H18N4OS. The van der Waals surface area contributed by atoms with Crippen molar-refractivity contribution in [2.24, 2.45) is 11.8 Å². The Morgan fingerprint density at radius 2 is 2.18 bits per heavy atom. The maximum absolute atomic E-state index is 12.4. The van der Waals surface area contributed by atoms with Crippen LogP contribution in [0.15, 0.2) is 29.9 Å². The smallest absolute Gasteiger partial charge is 0.228 e. The fraction of sp³-hybridized carbons (Fsp3) is 0.438. The van der Waals surface area contributed by atoms with Crippen LogP contribution in [-0.4, -0.2) is 47.0 Å². The molecule has 4 rings (SSSR count). The molecule has 1 amide bonds. The van der Waals surface area contributed by atoms with Gasteiger partial charge in [0.1, 0.15) is 5.01 Å². The third-order valence-corrected chi connectivity index (χ3v) is 5.47. The van der Waals surface area contributed by atoms with Crippen molar-refractivity contribution in [1.82, 2.24) is 20.2 Å². The molecule has 0 saturated carbocycles. The molecule has 2 fully saturated rings. The topological polar surface area (TPSA) is 58.1 Å². The summed E-state index contributed by atoms with van der Waals surface area (Å²) >= 11 is 1.57. The predicted molar refractivity (Wildman–Crippen MR) is 85.5 cm³/mol. The lowest BCUT2D eigenvalue weighted by Crippen LogP contribution is -2.33. The molecule has 0 bridgehead atoms. The Hall–Kier alpha value is -1.79. The van der Waals surface area contributed by atoms with Gasteiger partial charge in [0.05, 0.1) is 12.1 Å². The molecule has 2 aromatic heterocycles. The number of amides is 1. The van der Waals surface area contributed by atoms with E-state index in [4.69, 9.17) is 0 Å². The largest absolute Gasteiger partial charge is 0.342 e. The van der Waals surface area contributed by atoms with Crippen LogP contribution in [0.5, 0.6) is 0 Å². The summed E-state index contributed by atoms with van der Waals surface area (Å²) in [5, 5.41) is 6.31. The maximum atomic E-state index is 12.4. The van der Waals surface area contributed by atoms with E-state index in [0.717, 1.165) is 42.4 Å². The Bertz CT molecular complexity index is 660. The second kappa shape index (κ2) is 5.78. The minimum absolute atomic E-state index is 0.206. The Balaban J connectivity index is 1.41. The second-order valence-corrected chi connectivity index (χ2v) is 6.90. The van der Waals surface area contributed by atoms with Gasteiger partial charge in [-0.15, -0.1) is 11.3 Å². The van der Waals surface area contributed by atoms with Crippen molar-refractivity contribution in [3.63, 3.8) is 0 Å². The van der Waals surface area contributed by atoms with Crippen LogP contribution in [0.25, 0.3) is 10.6 Å². The Kier molecular flexibility index (Phi) is 3.63. The number of carbonyl (C=O) groups is 1. The summed E-state index contributed by atoms with van der Waals surface area (Å²) in [5.74, 6) is 1.49. The normalized spacial score (nSPS) is 23.7. The quantitative estimate of drug-likeness (QED) is 0.931. The molecule has 0 radical (unpaired) electrons. The molecule has 0 aromatic carbocycles. The number of hydrogen-bond acceptors (Lipinski definition) is 5. The van der Waals surface area contributed by atoms with Crippen molar-refractivity contribution < 1.29 is 4.79 Å². The highest BCUT2D eigenvalue weighted by atomic mass is 32.1. The highest BCUT2D eigenvalue weighted by molar-refractivity contribution is 7.13. The summed E-state index contributed by atoms with van der Waals surface area (Å²) in [6, 6.07) is 3.89. The lowest BCUT2D eigenvalue weighted by molar-refractivity contribution is -0.129. The SMILES string of the molecule is O=C(Cc1csc(-c2cccnc2)n1)N1C[C@H]2CNC[C@H]2C1. The summed E-state index contributed by atoms with van der Waals surface area (Å²) in [6.07, 6.45) is 3.96. The van der Waals surface area contributed by atoms with Gasteiger partial charge in [-0.25, -0.2) is 4.98 Å². The van der Waals surface area contributed by atoms with E-state index in [2.05, 4.69) is 15.3 Å². The van der Waals surface area contributed by atoms with Gasteiger partial charge in [0.15, 0.2) is 0 Å². The van der Waals surface area contributed by atoms with Gasteiger partial charge in [-0.2, -0.15) is 0 Å². The van der Waals surface area contributed by atoms with Crippen LogP contribution in [-0.2, 0) is 11.2 Å². The number of carbonyl (C=O) groups excluding carboxylic acids is 1. The number of likely N-dealkylation sites (tertiary alicyclic amines) is 1. The zero-order valence-corrected chi connectivity index (χ0v) is 13.1. The van der Waals surface area contributed by atoms with E-state index >= 15 is 0 Å². The van der Waals surface area contributed by atoms with Gasteiger partial charge in [0, 0.05) is 49.5 Å². The molecule has 1 N–H and O–H groups in total. The average Bonchev–Trinajstić information content (AvgIpc) is 3.23. The molecule has 0 spiro atoms. The number of rotatable bonds is 3. The molecule has 0 aliphatic carbocycles. The third-order valence-electron chi connectivity index (χ3n) is 4.53. The zero-order chi connectivity index (χ0) is 14.9. The summed E-state index contributed by atoms with van der Waals surface area (Å²) in [6.45, 7) is 3.90. The minimum Gasteiger partial charge on any atom is -0.342 e. The fourth-order valence-corrected chi connectivity index (χ4v) is 4.15. The maximum Gasteiger partial charge on any atom is 0.228 e. The van der Waals surface area contributed by atoms with Crippen LogP contribution in [0.2, 0.25) is 0 Å². The molecule has 2 saturated heterocycles. The molecule has 2 aliphatic heterocycles. The first-order valence-corrected chi connectivity index (χ1v) is 8.51. The number of pyridine rings is 1. The van der Waals surface area contributed by atoms with E-state index < -0.39 is 0 Å². The molecule has 22 heavy (non-hydrogen) atoms. The molecule has 5 nitrogen and oxygen atoms in total. The van der Waals surface area contributed by atoms with Gasteiger partial charge in [-0.1, -0.05) is 0 Å². The van der Waals surface area contributed by atoms with Crippen LogP contribution < -0.4 is 5.32 Å². The van der Waals surface area contributed by atoms with Gasteiger partial charge < -0.3 is 10.2 Å². The first-order chi connectivity index (χ1) is 10.8. The lowest BCUT2D eigenvalue weighted by atomic mass is 10.0. The molecule has 2 aliphatic rings. The van der Waals surface area contributed by atoms with Crippen LogP contribution in [0.4, 0.5) is 0 Å². The van der Waals surface area contributed by atoms with Crippen LogP contribution in [0.3, 0.4) is 0 Å². The molecular weight excluding hydrogens is 296 g/mol. The van der Waals surface area contributed by atoms with Gasteiger partial charge in [-0.3, -0.25) is 9.78 Å². The van der Waals surface area contributed by atoms with Gasteiger partial charge in [0.2, 0.25) is 5.91 Å². The molecule has 2 atom stereocenters. The van der Waals surface area contributed by atoms with Gasteiger partial charge in [0.25, 0.3) is 0 Å². The summed E-state index contributed by atoms with van der Waals surface area (Å²) in [7, 11) is 0. The molecule has 2 aromatic rings. The summed E-state index contributed by atoms with van der Waals surface area (Å²) in [5.41, 5.74) is 1.87. The number of thiazole rings is 1. The van der Waals surface area contributed by atoms with Crippen molar-refractivity contribution in [3.05, 3.63) is 35.6 Å². The van der Waals surface area contributed by atoms with Crippen molar-refractivity contribution in [2.45, 2.75) is 6.42 Å². The van der Waals surface area contributed by atoms with E-state index in [-0.39, 0.29) is 5.91 Å². The first kappa shape index (κ1) is 13.8. The van der Waals surface area contributed by atoms with E-state index in [1.54, 1.807) is 23.7 Å². The van der Waals surface area contributed by atoms with Crippen molar-refractivity contribution >= 4 is 17.2 Å². The number of nitrogens with zero attached hydrogens (tertiary/aromatic N) is 3. The third kappa shape index (κ3) is 2.64. The Morgan fingerprint density at radius 1 is 1.36 bits per heavy atom. The Labute approximate surface area is 133 Å². The fourth-order valence-electron chi connectivity index (χ4n) is 3.34. The Morgan fingerprint density at radius 3 is 2.91 bits per heavy atom. The number of hydrogen-bond donors (Lipinski definition) is 1. The monoisotopic (exact) mass is 314 g/mol. The van der Waals surface area contributed by atoms with E-state index in [1.165, 1.54) is 0 Å². The average molecular weight is 314 g/mol. The van der Waals surface area contributed by atoms with Crippen LogP contribution in [0, 0.1) is 11.8 Å². The van der Waals surface area contributed by atoms with E-state index in [0.29, 0.717) is 18.3 Å². The number of nitrogens with one attached hydrogen (secondary N) is 1. The van der Waals surface area contributed by atoms with E-state index in [9.17, 15) is 4.79 Å². The minimum atomic E-state index is 0.206. The molecule has 114 valence electrons. The second-order valence-electron chi connectivity index (χ2n) is 6.04. The summed E-state index contributed by atoms with van der Waals surface area (Å²) in [4.78, 5) is 23.2. The van der Waals surface area contributed by atoms with Crippen LogP contribution >= 0.6 is 11.3 Å². The highest BCUT2D eigenvalue weighted by Gasteiger charge is 2.37. The highest BCUT2D eigenvalue weighted by Crippen LogP contribution is 2.27. The summed E-state index contributed by atoms with van der Waals surface area (Å²) < 4.78 is 0. The van der Waals surface area contributed by atoms with E-state index in [1.807, 2.05) is 22.4 Å².